The van der Waals surface area contributed by atoms with Crippen LogP contribution in [0.1, 0.15) is 50.3 Å². The van der Waals surface area contributed by atoms with Crippen LogP contribution >= 0.6 is 0 Å². The Morgan fingerprint density at radius 2 is 1.69 bits per heavy atom. The molecular weight excluding hydrogens is 364 g/mol. The van der Waals surface area contributed by atoms with Crippen molar-refractivity contribution in [2.24, 2.45) is 0 Å². The third-order valence-corrected chi connectivity index (χ3v) is 5.79. The summed E-state index contributed by atoms with van der Waals surface area (Å²) in [4.78, 5) is 27.6. The van der Waals surface area contributed by atoms with Crippen molar-refractivity contribution in [1.82, 2.24) is 4.90 Å². The number of aryl methyl sites for hydroxylation is 2. The molecule has 5 heteroatoms. The molecule has 1 saturated heterocycles. The van der Waals surface area contributed by atoms with Gasteiger partial charge in [0.1, 0.15) is 12.1 Å². The highest BCUT2D eigenvalue weighted by atomic mass is 16.6. The first-order valence-electron chi connectivity index (χ1n) is 10.4. The van der Waals surface area contributed by atoms with Gasteiger partial charge in [-0.3, -0.25) is 9.69 Å². The fraction of sp³-hybridized carbons (Fsp3) is 0.417. The number of carbonyl (C=O) groups excluding carboxylic acids is 2. The second kappa shape index (κ2) is 9.12. The van der Waals surface area contributed by atoms with Gasteiger partial charge < -0.3 is 10.1 Å². The predicted octanol–water partition coefficient (Wildman–Crippen LogP) is 4.94. The summed E-state index contributed by atoms with van der Waals surface area (Å²) in [6.07, 6.45) is 2.63. The van der Waals surface area contributed by atoms with Crippen molar-refractivity contribution in [1.29, 1.82) is 0 Å². The van der Waals surface area contributed by atoms with Gasteiger partial charge in [0.2, 0.25) is 5.91 Å². The molecule has 0 spiro atoms. The molecule has 0 bridgehead atoms. The van der Waals surface area contributed by atoms with Gasteiger partial charge in [0.05, 0.1) is 0 Å². The van der Waals surface area contributed by atoms with Gasteiger partial charge in [0.25, 0.3) is 0 Å². The van der Waals surface area contributed by atoms with Crippen molar-refractivity contribution in [3.05, 3.63) is 65.2 Å². The first-order chi connectivity index (χ1) is 14.0. The third kappa shape index (κ3) is 4.44. The number of nitrogens with zero attached hydrogens (tertiary/aromatic N) is 1. The Kier molecular flexibility index (Phi) is 6.57. The van der Waals surface area contributed by atoms with E-state index >= 15 is 0 Å². The van der Waals surface area contributed by atoms with Crippen LogP contribution in [-0.4, -0.2) is 29.0 Å². The molecule has 2 aromatic carbocycles. The molecule has 29 heavy (non-hydrogen) atoms. The Morgan fingerprint density at radius 3 is 2.31 bits per heavy atom. The highest BCUT2D eigenvalue weighted by Gasteiger charge is 2.46. The van der Waals surface area contributed by atoms with Crippen molar-refractivity contribution in [2.75, 3.05) is 11.9 Å². The van der Waals surface area contributed by atoms with Crippen LogP contribution in [0.15, 0.2) is 48.5 Å². The maximum Gasteiger partial charge on any atom is 0.410 e. The molecule has 0 radical (unpaired) electrons. The number of hydrogen-bond donors (Lipinski definition) is 1. The topological polar surface area (TPSA) is 58.6 Å². The minimum absolute atomic E-state index is 0.151. The van der Waals surface area contributed by atoms with Gasteiger partial charge in [-0.2, -0.15) is 0 Å². The maximum absolute atomic E-state index is 13.3. The first-order valence-corrected chi connectivity index (χ1v) is 10.4. The maximum atomic E-state index is 13.3. The van der Waals surface area contributed by atoms with Crippen molar-refractivity contribution >= 4 is 17.7 Å². The molecule has 1 aliphatic rings. The van der Waals surface area contributed by atoms with E-state index in [1.54, 1.807) is 4.90 Å². The lowest BCUT2D eigenvalue weighted by Gasteiger charge is -2.33. The van der Waals surface area contributed by atoms with Gasteiger partial charge >= 0.3 is 6.09 Å². The number of carbonyl (C=O) groups is 2. The number of anilines is 1. The quantitative estimate of drug-likeness (QED) is 0.755. The Bertz CT molecular complexity index is 843. The second-order valence-corrected chi connectivity index (χ2v) is 7.68. The van der Waals surface area contributed by atoms with E-state index < -0.39 is 11.6 Å². The molecule has 3 rings (SSSR count). The Morgan fingerprint density at radius 1 is 1.03 bits per heavy atom. The van der Waals surface area contributed by atoms with Gasteiger partial charge in [-0.1, -0.05) is 62.4 Å². The first kappa shape index (κ1) is 20.9. The highest BCUT2D eigenvalue weighted by molar-refractivity contribution is 6.01. The number of hydrogen-bond acceptors (Lipinski definition) is 3. The van der Waals surface area contributed by atoms with E-state index in [2.05, 4.69) is 19.2 Å². The second-order valence-electron chi connectivity index (χ2n) is 7.68. The molecule has 1 atom stereocenters. The van der Waals surface area contributed by atoms with E-state index in [1.807, 2.05) is 55.5 Å². The van der Waals surface area contributed by atoms with E-state index in [1.165, 1.54) is 0 Å². The highest BCUT2D eigenvalue weighted by Crippen LogP contribution is 2.32. The van der Waals surface area contributed by atoms with Crippen molar-refractivity contribution < 1.29 is 14.3 Å². The molecule has 1 N–H and O–H groups in total. The SMILES string of the molecule is CCc1cccc(CC)c1NC(=O)C1(C)CCCN1C(=O)OCc1ccccc1. The number of benzene rings is 2. The van der Waals surface area contributed by atoms with Crippen LogP contribution in [0.3, 0.4) is 0 Å². The van der Waals surface area contributed by atoms with Gasteiger partial charge in [-0.15, -0.1) is 0 Å². The molecule has 1 heterocycles. The molecule has 154 valence electrons. The standard InChI is InChI=1S/C24H30N2O3/c1-4-19-13-9-14-20(5-2)21(19)25-22(27)24(3)15-10-16-26(24)23(28)29-17-18-11-7-6-8-12-18/h6-9,11-14H,4-5,10,15-17H2,1-3H3,(H,25,27). The van der Waals surface area contributed by atoms with Crippen LogP contribution in [0.2, 0.25) is 0 Å². The molecular formula is C24H30N2O3. The largest absolute Gasteiger partial charge is 0.445 e. The fourth-order valence-corrected chi connectivity index (χ4v) is 3.94. The summed E-state index contributed by atoms with van der Waals surface area (Å²) in [5, 5.41) is 3.13. The van der Waals surface area contributed by atoms with E-state index in [4.69, 9.17) is 4.74 Å². The normalized spacial score (nSPS) is 18.5. The predicted molar refractivity (Wildman–Crippen MR) is 115 cm³/mol. The van der Waals surface area contributed by atoms with E-state index in [9.17, 15) is 9.59 Å². The molecule has 0 aliphatic carbocycles. The van der Waals surface area contributed by atoms with E-state index in [0.29, 0.717) is 13.0 Å². The van der Waals surface area contributed by atoms with Crippen LogP contribution in [0.5, 0.6) is 0 Å². The molecule has 5 nitrogen and oxygen atoms in total. The molecule has 0 saturated carbocycles. The lowest BCUT2D eigenvalue weighted by Crippen LogP contribution is -2.53. The molecule has 1 aliphatic heterocycles. The number of rotatable bonds is 6. The van der Waals surface area contributed by atoms with Crippen LogP contribution in [0.4, 0.5) is 10.5 Å². The summed E-state index contributed by atoms with van der Waals surface area (Å²) < 4.78 is 5.50. The minimum atomic E-state index is -0.917. The average Bonchev–Trinajstić information content (AvgIpc) is 3.15. The summed E-state index contributed by atoms with van der Waals surface area (Å²) in [6, 6.07) is 15.7. The van der Waals surface area contributed by atoms with E-state index in [-0.39, 0.29) is 12.5 Å². The molecule has 2 aromatic rings. The van der Waals surface area contributed by atoms with Crippen molar-refractivity contribution in [3.63, 3.8) is 0 Å². The lowest BCUT2D eigenvalue weighted by atomic mass is 9.96. The van der Waals surface area contributed by atoms with Gasteiger partial charge in [-0.25, -0.2) is 4.79 Å². The zero-order valence-corrected chi connectivity index (χ0v) is 17.5. The summed E-state index contributed by atoms with van der Waals surface area (Å²) >= 11 is 0. The van der Waals surface area contributed by atoms with E-state index in [0.717, 1.165) is 41.6 Å². The number of para-hydroxylation sites is 1. The van der Waals surface area contributed by atoms with Crippen LogP contribution in [-0.2, 0) is 29.0 Å². The summed E-state index contributed by atoms with van der Waals surface area (Å²) in [5.41, 5.74) is 3.11. The Balaban J connectivity index is 1.74. The summed E-state index contributed by atoms with van der Waals surface area (Å²) in [6.45, 7) is 6.71. The van der Waals surface area contributed by atoms with Crippen LogP contribution < -0.4 is 5.32 Å². The van der Waals surface area contributed by atoms with Crippen molar-refractivity contribution in [2.45, 2.75) is 58.6 Å². The van der Waals surface area contributed by atoms with Crippen LogP contribution in [0.25, 0.3) is 0 Å². The van der Waals surface area contributed by atoms with Gasteiger partial charge in [0, 0.05) is 12.2 Å². The zero-order chi connectivity index (χ0) is 20.9. The Hall–Kier alpha value is -2.82. The molecule has 1 unspecified atom stereocenters. The van der Waals surface area contributed by atoms with Gasteiger partial charge in [0.15, 0.2) is 0 Å². The number of ether oxygens (including phenoxy) is 1. The monoisotopic (exact) mass is 394 g/mol. The number of likely N-dealkylation sites (tertiary alicyclic amines) is 1. The minimum Gasteiger partial charge on any atom is -0.445 e. The summed E-state index contributed by atoms with van der Waals surface area (Å²) in [7, 11) is 0. The fourth-order valence-electron chi connectivity index (χ4n) is 3.94. The van der Waals surface area contributed by atoms with Gasteiger partial charge in [-0.05, 0) is 49.3 Å². The summed E-state index contributed by atoms with van der Waals surface area (Å²) in [5.74, 6) is -0.151. The smallest absolute Gasteiger partial charge is 0.410 e. The third-order valence-electron chi connectivity index (χ3n) is 5.79. The van der Waals surface area contributed by atoms with Crippen LogP contribution in [0, 0.1) is 0 Å². The number of amides is 2. The lowest BCUT2D eigenvalue weighted by molar-refractivity contribution is -0.125. The van der Waals surface area contributed by atoms with Crippen molar-refractivity contribution in [3.8, 4) is 0 Å². The number of nitrogens with one attached hydrogen (secondary N) is 1. The molecule has 0 aromatic heterocycles. The average molecular weight is 395 g/mol. The Labute approximate surface area is 173 Å². The zero-order valence-electron chi connectivity index (χ0n) is 17.5. The molecule has 2 amide bonds. The molecule has 1 fully saturated rings.